The van der Waals surface area contributed by atoms with E-state index in [1.807, 2.05) is 48.5 Å². The molecule has 0 bridgehead atoms. The fraction of sp³-hybridized carbons (Fsp3) is 0.364. The van der Waals surface area contributed by atoms with E-state index >= 15 is 0 Å². The van der Waals surface area contributed by atoms with E-state index in [2.05, 4.69) is 65.8 Å². The third-order valence-electron chi connectivity index (χ3n) is 8.93. The monoisotopic (exact) mass is 710 g/mol. The quantitative estimate of drug-likeness (QED) is 0.0559. The number of hydrogen-bond acceptors (Lipinski definition) is 5. The second-order valence-corrected chi connectivity index (χ2v) is 13.8. The summed E-state index contributed by atoms with van der Waals surface area (Å²) in [5.41, 5.74) is 9.33. The molecule has 1 N–H and O–H groups in total. The van der Waals surface area contributed by atoms with Crippen LogP contribution in [-0.2, 0) is 4.57 Å². The van der Waals surface area contributed by atoms with Gasteiger partial charge in [0.25, 0.3) is 0 Å². The summed E-state index contributed by atoms with van der Waals surface area (Å²) in [5.74, 6) is 2.28. The molecule has 0 aliphatic carbocycles. The highest BCUT2D eigenvalue weighted by Gasteiger charge is 2.25. The van der Waals surface area contributed by atoms with Crippen LogP contribution < -0.4 is 18.5 Å². The number of hydrogen-bond donors (Lipinski definition) is 1. The molecule has 0 saturated carbocycles. The van der Waals surface area contributed by atoms with Crippen LogP contribution in [0.1, 0.15) is 115 Å². The van der Waals surface area contributed by atoms with Crippen LogP contribution in [0.5, 0.6) is 23.0 Å². The first-order chi connectivity index (χ1) is 24.7. The van der Waals surface area contributed by atoms with Crippen molar-refractivity contribution in [2.24, 2.45) is 0 Å². The highest BCUT2D eigenvalue weighted by molar-refractivity contribution is 7.48. The van der Waals surface area contributed by atoms with Crippen LogP contribution in [0.25, 0.3) is 22.3 Å². The zero-order chi connectivity index (χ0) is 36.6. The predicted molar refractivity (Wildman–Crippen MR) is 212 cm³/mol. The van der Waals surface area contributed by atoms with E-state index in [1.165, 1.54) is 22.3 Å². The van der Waals surface area contributed by atoms with Gasteiger partial charge in [-0.05, 0) is 132 Å². The molecule has 0 heterocycles. The summed E-state index contributed by atoms with van der Waals surface area (Å²) in [4.78, 5) is 10.7. The van der Waals surface area contributed by atoms with Crippen molar-refractivity contribution >= 4 is 30.1 Å². The highest BCUT2D eigenvalue weighted by Crippen LogP contribution is 2.45. The molecule has 0 atom stereocenters. The molecule has 0 aliphatic heterocycles. The Kier molecular flexibility index (Phi) is 15.5. The normalized spacial score (nSPS) is 13.5. The molecule has 0 amide bonds. The lowest BCUT2D eigenvalue weighted by Crippen LogP contribution is -2.00. The molecule has 0 saturated heterocycles. The average Bonchev–Trinajstić information content (AvgIpc) is 3.14. The van der Waals surface area contributed by atoms with E-state index in [0.717, 1.165) is 98.3 Å². The molecular formula is C44H55O6P. The Bertz CT molecular complexity index is 1630. The van der Waals surface area contributed by atoms with Crippen molar-refractivity contribution in [3.05, 3.63) is 119 Å². The van der Waals surface area contributed by atoms with Crippen molar-refractivity contribution < 1.29 is 28.0 Å². The first-order valence-corrected chi connectivity index (χ1v) is 20.1. The van der Waals surface area contributed by atoms with Gasteiger partial charge < -0.3 is 18.5 Å². The largest absolute Gasteiger partial charge is 0.584 e. The molecule has 4 aromatic carbocycles. The zero-order valence-corrected chi connectivity index (χ0v) is 32.1. The number of allylic oxidation sites excluding steroid dienone is 4. The lowest BCUT2D eigenvalue weighted by Gasteiger charge is -2.17. The second-order valence-electron chi connectivity index (χ2n) is 12.5. The first-order valence-electron chi connectivity index (χ1n) is 18.6. The minimum Gasteiger partial charge on any atom is -0.494 e. The van der Waals surface area contributed by atoms with E-state index in [0.29, 0.717) is 0 Å². The minimum atomic E-state index is -4.45. The topological polar surface area (TPSA) is 74.2 Å². The molecule has 4 aromatic rings. The number of unbranched alkanes of at least 4 members (excludes halogenated alkanes) is 2. The standard InChI is InChI=1S/C44H55O6P/c1-7-13-31-47-37-23-15-33(16-24-37)41(9-3)43(11-5)35-19-27-39(28-20-35)49-51(45,46)50-40-29-21-36(22-30-40)44(12-6)42(10-4)34-17-25-38(26-18-34)48-32-14-8-2/h15-30H,7-14,31-32H2,1-6H3,(H,45,46). The maximum absolute atomic E-state index is 13.1. The maximum Gasteiger partial charge on any atom is 0.584 e. The summed E-state index contributed by atoms with van der Waals surface area (Å²) < 4.78 is 35.8. The molecule has 0 spiro atoms. The fourth-order valence-electron chi connectivity index (χ4n) is 6.26. The molecule has 0 aliphatic rings. The summed E-state index contributed by atoms with van der Waals surface area (Å²) in [5, 5.41) is 0. The molecule has 7 heteroatoms. The molecule has 272 valence electrons. The molecule has 4 rings (SSSR count). The van der Waals surface area contributed by atoms with Gasteiger partial charge in [0.15, 0.2) is 0 Å². The molecule has 0 fully saturated rings. The Hall–Kier alpha value is -4.25. The smallest absolute Gasteiger partial charge is 0.494 e. The van der Waals surface area contributed by atoms with Gasteiger partial charge in [-0.1, -0.05) is 103 Å². The molecule has 0 aromatic heterocycles. The first kappa shape index (κ1) is 39.5. The van der Waals surface area contributed by atoms with Crippen molar-refractivity contribution in [2.75, 3.05) is 13.2 Å². The van der Waals surface area contributed by atoms with Crippen LogP contribution >= 0.6 is 7.82 Å². The van der Waals surface area contributed by atoms with Crippen LogP contribution in [0.4, 0.5) is 0 Å². The van der Waals surface area contributed by atoms with Gasteiger partial charge in [0.1, 0.15) is 23.0 Å². The van der Waals surface area contributed by atoms with Crippen LogP contribution in [0.3, 0.4) is 0 Å². The van der Waals surface area contributed by atoms with E-state index < -0.39 is 7.82 Å². The van der Waals surface area contributed by atoms with Gasteiger partial charge in [-0.2, -0.15) is 0 Å². The van der Waals surface area contributed by atoms with Gasteiger partial charge >= 0.3 is 7.82 Å². The number of phosphoric acid groups is 1. The van der Waals surface area contributed by atoms with Crippen LogP contribution in [0.2, 0.25) is 0 Å². The third kappa shape index (κ3) is 11.4. The van der Waals surface area contributed by atoms with E-state index in [9.17, 15) is 9.46 Å². The molecule has 51 heavy (non-hydrogen) atoms. The maximum atomic E-state index is 13.1. The van der Waals surface area contributed by atoms with E-state index in [4.69, 9.17) is 18.5 Å². The van der Waals surface area contributed by atoms with Gasteiger partial charge in [-0.25, -0.2) is 4.57 Å². The van der Waals surface area contributed by atoms with Crippen molar-refractivity contribution in [1.82, 2.24) is 0 Å². The van der Waals surface area contributed by atoms with Crippen molar-refractivity contribution in [3.63, 3.8) is 0 Å². The molecular weight excluding hydrogens is 655 g/mol. The molecule has 0 unspecified atom stereocenters. The van der Waals surface area contributed by atoms with Crippen LogP contribution in [0, 0.1) is 0 Å². The number of rotatable bonds is 20. The van der Waals surface area contributed by atoms with Gasteiger partial charge in [0, 0.05) is 0 Å². The predicted octanol–water partition coefficient (Wildman–Crippen LogP) is 13.1. The van der Waals surface area contributed by atoms with Gasteiger partial charge in [0.05, 0.1) is 13.2 Å². The zero-order valence-electron chi connectivity index (χ0n) is 31.2. The lowest BCUT2D eigenvalue weighted by atomic mass is 9.91. The number of ether oxygens (including phenoxy) is 2. The van der Waals surface area contributed by atoms with Crippen molar-refractivity contribution in [2.45, 2.75) is 92.9 Å². The minimum absolute atomic E-state index is 0.258. The van der Waals surface area contributed by atoms with E-state index in [-0.39, 0.29) is 11.5 Å². The molecule has 6 nitrogen and oxygen atoms in total. The summed E-state index contributed by atoms with van der Waals surface area (Å²) in [7, 11) is -4.45. The van der Waals surface area contributed by atoms with Crippen molar-refractivity contribution in [3.8, 4) is 23.0 Å². The Balaban J connectivity index is 1.44. The third-order valence-corrected chi connectivity index (χ3v) is 9.81. The summed E-state index contributed by atoms with van der Waals surface area (Å²) in [6, 6.07) is 31.2. The summed E-state index contributed by atoms with van der Waals surface area (Å²) in [6.45, 7) is 14.4. The number of phosphoric ester groups is 1. The average molecular weight is 711 g/mol. The summed E-state index contributed by atoms with van der Waals surface area (Å²) in [6.07, 6.45) is 7.70. The number of benzene rings is 4. The SMILES string of the molecule is CCCCOc1ccc(C(CC)=C(CC)c2ccc(OP(=O)(O)Oc3ccc(C(CC)=C(CC)c4ccc(OCCCC)cc4)cc3)cc2)cc1. The van der Waals surface area contributed by atoms with Crippen LogP contribution in [-0.4, -0.2) is 18.1 Å². The second kappa shape index (κ2) is 20.0. The van der Waals surface area contributed by atoms with Gasteiger partial charge in [-0.15, -0.1) is 0 Å². The molecule has 0 radical (unpaired) electrons. The Morgan fingerprint density at radius 2 is 0.706 bits per heavy atom. The fourth-order valence-corrected chi connectivity index (χ4v) is 7.07. The lowest BCUT2D eigenvalue weighted by molar-refractivity contribution is 0.291. The Morgan fingerprint density at radius 3 is 0.941 bits per heavy atom. The highest BCUT2D eigenvalue weighted by atomic mass is 31.2. The van der Waals surface area contributed by atoms with Gasteiger partial charge in [0.2, 0.25) is 0 Å². The Labute approximate surface area is 305 Å². The Morgan fingerprint density at radius 1 is 0.451 bits per heavy atom. The van der Waals surface area contributed by atoms with E-state index in [1.54, 1.807) is 24.3 Å². The van der Waals surface area contributed by atoms with Gasteiger partial charge in [-0.3, -0.25) is 4.89 Å². The van der Waals surface area contributed by atoms with Crippen molar-refractivity contribution in [1.29, 1.82) is 0 Å². The van der Waals surface area contributed by atoms with Crippen LogP contribution in [0.15, 0.2) is 97.1 Å². The summed E-state index contributed by atoms with van der Waals surface area (Å²) >= 11 is 0.